The first kappa shape index (κ1) is 13.5. The maximum atomic E-state index is 13.1. The summed E-state index contributed by atoms with van der Waals surface area (Å²) in [5.41, 5.74) is -0.00984. The van der Waals surface area contributed by atoms with E-state index in [-0.39, 0.29) is 24.1 Å². The Morgan fingerprint density at radius 2 is 2.32 bits per heavy atom. The summed E-state index contributed by atoms with van der Waals surface area (Å²) in [5.74, 6) is -0.882. The second-order valence-electron chi connectivity index (χ2n) is 3.40. The van der Waals surface area contributed by atoms with Crippen LogP contribution in [-0.4, -0.2) is 17.6 Å². The summed E-state index contributed by atoms with van der Waals surface area (Å²) in [6.07, 6.45) is 0.940. The monoisotopic (exact) mass is 329 g/mol. The van der Waals surface area contributed by atoms with Crippen LogP contribution in [0.5, 0.6) is 11.8 Å². The normalized spacial score (nSPS) is 10.3. The molecule has 7 heteroatoms. The SMILES string of the molecule is CCOC(=O)c1coc(Oc2cc(F)ccc2Br)n1. The quantitative estimate of drug-likeness (QED) is 0.803. The number of rotatable bonds is 4. The van der Waals surface area contributed by atoms with Crippen LogP contribution in [0.1, 0.15) is 17.4 Å². The lowest BCUT2D eigenvalue weighted by Gasteiger charge is -2.02. The van der Waals surface area contributed by atoms with Gasteiger partial charge in [-0.25, -0.2) is 9.18 Å². The molecule has 0 fully saturated rings. The molecule has 2 rings (SSSR count). The topological polar surface area (TPSA) is 61.6 Å². The van der Waals surface area contributed by atoms with Crippen molar-refractivity contribution in [3.63, 3.8) is 0 Å². The van der Waals surface area contributed by atoms with Gasteiger partial charge in [-0.1, -0.05) is 0 Å². The Bertz CT molecular complexity index is 599. The first-order valence-corrected chi connectivity index (χ1v) is 6.15. The van der Waals surface area contributed by atoms with E-state index in [9.17, 15) is 9.18 Å². The van der Waals surface area contributed by atoms with Crippen LogP contribution < -0.4 is 4.74 Å². The summed E-state index contributed by atoms with van der Waals surface area (Å²) in [6, 6.07) is 3.93. The number of aromatic nitrogens is 1. The minimum atomic E-state index is -0.612. The van der Waals surface area contributed by atoms with Gasteiger partial charge in [-0.3, -0.25) is 0 Å². The van der Waals surface area contributed by atoms with E-state index < -0.39 is 11.8 Å². The van der Waals surface area contributed by atoms with Crippen molar-refractivity contribution in [3.8, 4) is 11.8 Å². The highest BCUT2D eigenvalue weighted by atomic mass is 79.9. The van der Waals surface area contributed by atoms with Crippen molar-refractivity contribution in [3.05, 3.63) is 40.4 Å². The molecule has 0 aliphatic carbocycles. The highest BCUT2D eigenvalue weighted by Crippen LogP contribution is 2.29. The molecular formula is C12H9BrFNO4. The van der Waals surface area contributed by atoms with Crippen molar-refractivity contribution >= 4 is 21.9 Å². The highest BCUT2D eigenvalue weighted by Gasteiger charge is 2.15. The van der Waals surface area contributed by atoms with Crippen LogP contribution in [0, 0.1) is 5.82 Å². The van der Waals surface area contributed by atoms with Gasteiger partial charge in [-0.05, 0) is 35.0 Å². The molecule has 1 aromatic carbocycles. The van der Waals surface area contributed by atoms with E-state index in [1.165, 1.54) is 18.2 Å². The molecule has 0 radical (unpaired) electrons. The number of carbonyl (C=O) groups is 1. The maximum Gasteiger partial charge on any atom is 0.399 e. The van der Waals surface area contributed by atoms with Gasteiger partial charge in [0.25, 0.3) is 0 Å². The van der Waals surface area contributed by atoms with Crippen LogP contribution in [-0.2, 0) is 4.74 Å². The number of halogens is 2. The summed E-state index contributed by atoms with van der Waals surface area (Å²) >= 11 is 3.20. The molecule has 1 heterocycles. The van der Waals surface area contributed by atoms with Crippen LogP contribution in [0.3, 0.4) is 0 Å². The molecule has 0 saturated heterocycles. The molecule has 0 saturated carbocycles. The predicted molar refractivity (Wildman–Crippen MR) is 66.6 cm³/mol. The van der Waals surface area contributed by atoms with Gasteiger partial charge in [0.05, 0.1) is 11.1 Å². The van der Waals surface area contributed by atoms with Crippen molar-refractivity contribution in [2.45, 2.75) is 6.92 Å². The lowest BCUT2D eigenvalue weighted by molar-refractivity contribution is 0.0519. The third-order valence-electron chi connectivity index (χ3n) is 2.06. The standard InChI is InChI=1S/C12H9BrFNO4/c1-2-17-11(16)9-6-18-12(15-9)19-10-5-7(14)3-4-8(10)13/h3-6H,2H2,1H3. The first-order chi connectivity index (χ1) is 9.10. The van der Waals surface area contributed by atoms with Gasteiger partial charge in [-0.2, -0.15) is 4.98 Å². The molecule has 19 heavy (non-hydrogen) atoms. The molecule has 0 aliphatic heterocycles. The number of carbonyl (C=O) groups excluding carboxylic acids is 1. The number of nitrogens with zero attached hydrogens (tertiary/aromatic N) is 1. The Hall–Kier alpha value is -1.89. The average molecular weight is 330 g/mol. The Kier molecular flexibility index (Phi) is 4.16. The Morgan fingerprint density at radius 3 is 3.05 bits per heavy atom. The smallest absolute Gasteiger partial charge is 0.399 e. The molecule has 0 spiro atoms. The number of hydrogen-bond acceptors (Lipinski definition) is 5. The minimum absolute atomic E-state index is 0.00984. The average Bonchev–Trinajstić information content (AvgIpc) is 2.83. The van der Waals surface area contributed by atoms with Gasteiger partial charge in [0.2, 0.25) is 0 Å². The zero-order valence-corrected chi connectivity index (χ0v) is 11.4. The van der Waals surface area contributed by atoms with Gasteiger partial charge in [0, 0.05) is 6.07 Å². The van der Waals surface area contributed by atoms with Gasteiger partial charge < -0.3 is 13.9 Å². The summed E-state index contributed by atoms with van der Waals surface area (Å²) in [4.78, 5) is 15.2. The third kappa shape index (κ3) is 3.31. The van der Waals surface area contributed by atoms with E-state index in [4.69, 9.17) is 13.9 Å². The molecule has 0 unspecified atom stereocenters. The molecule has 0 aliphatic rings. The summed E-state index contributed by atoms with van der Waals surface area (Å²) < 4.78 is 28.5. The Morgan fingerprint density at radius 1 is 1.53 bits per heavy atom. The van der Waals surface area contributed by atoms with Crippen molar-refractivity contribution in [1.82, 2.24) is 4.98 Å². The van der Waals surface area contributed by atoms with Gasteiger partial charge in [0.15, 0.2) is 5.69 Å². The third-order valence-corrected chi connectivity index (χ3v) is 2.71. The zero-order valence-electron chi connectivity index (χ0n) is 9.85. The van der Waals surface area contributed by atoms with E-state index in [1.54, 1.807) is 6.92 Å². The van der Waals surface area contributed by atoms with E-state index in [0.29, 0.717) is 4.47 Å². The summed E-state index contributed by atoms with van der Waals surface area (Å²) in [5, 5.41) is 0. The fraction of sp³-hybridized carbons (Fsp3) is 0.167. The van der Waals surface area contributed by atoms with E-state index in [1.807, 2.05) is 0 Å². The summed E-state index contributed by atoms with van der Waals surface area (Å²) in [7, 11) is 0. The number of hydrogen-bond donors (Lipinski definition) is 0. The number of ether oxygens (including phenoxy) is 2. The van der Waals surface area contributed by atoms with Crippen LogP contribution >= 0.6 is 15.9 Å². The molecule has 2 aromatic rings. The van der Waals surface area contributed by atoms with Crippen LogP contribution in [0.4, 0.5) is 4.39 Å². The second-order valence-corrected chi connectivity index (χ2v) is 4.25. The van der Waals surface area contributed by atoms with Crippen molar-refractivity contribution in [2.75, 3.05) is 6.61 Å². The van der Waals surface area contributed by atoms with Gasteiger partial charge in [0.1, 0.15) is 17.8 Å². The number of esters is 1. The number of benzene rings is 1. The molecule has 100 valence electrons. The second kappa shape index (κ2) is 5.83. The predicted octanol–water partition coefficient (Wildman–Crippen LogP) is 3.55. The lowest BCUT2D eigenvalue weighted by Crippen LogP contribution is -2.04. The largest absolute Gasteiger partial charge is 0.461 e. The molecule has 5 nitrogen and oxygen atoms in total. The number of oxazole rings is 1. The lowest BCUT2D eigenvalue weighted by atomic mass is 10.3. The van der Waals surface area contributed by atoms with E-state index in [2.05, 4.69) is 20.9 Å². The van der Waals surface area contributed by atoms with E-state index >= 15 is 0 Å². The Labute approximate surface area is 116 Å². The van der Waals surface area contributed by atoms with E-state index in [0.717, 1.165) is 6.26 Å². The molecule has 0 atom stereocenters. The Balaban J connectivity index is 2.15. The fourth-order valence-corrected chi connectivity index (χ4v) is 1.58. The fourth-order valence-electron chi connectivity index (χ4n) is 1.25. The molecule has 0 bridgehead atoms. The molecular weight excluding hydrogens is 321 g/mol. The zero-order chi connectivity index (χ0) is 13.8. The summed E-state index contributed by atoms with van der Waals surface area (Å²) in [6.45, 7) is 1.91. The van der Waals surface area contributed by atoms with Crippen LogP contribution in [0.2, 0.25) is 0 Å². The van der Waals surface area contributed by atoms with Crippen molar-refractivity contribution in [1.29, 1.82) is 0 Å². The van der Waals surface area contributed by atoms with Crippen LogP contribution in [0.25, 0.3) is 0 Å². The highest BCUT2D eigenvalue weighted by molar-refractivity contribution is 9.10. The van der Waals surface area contributed by atoms with Gasteiger partial charge >= 0.3 is 12.0 Å². The molecule has 0 amide bonds. The molecule has 0 N–H and O–H groups in total. The van der Waals surface area contributed by atoms with Gasteiger partial charge in [-0.15, -0.1) is 0 Å². The minimum Gasteiger partial charge on any atom is -0.461 e. The first-order valence-electron chi connectivity index (χ1n) is 5.35. The van der Waals surface area contributed by atoms with Crippen molar-refractivity contribution in [2.24, 2.45) is 0 Å². The maximum absolute atomic E-state index is 13.1. The van der Waals surface area contributed by atoms with Crippen LogP contribution in [0.15, 0.2) is 33.4 Å². The molecule has 1 aromatic heterocycles. The van der Waals surface area contributed by atoms with Crippen molar-refractivity contribution < 1.29 is 23.1 Å².